The Labute approximate surface area is 119 Å². The van der Waals surface area contributed by atoms with Crippen molar-refractivity contribution in [3.63, 3.8) is 0 Å². The van der Waals surface area contributed by atoms with Gasteiger partial charge in [0.15, 0.2) is 0 Å². The summed E-state index contributed by atoms with van der Waals surface area (Å²) in [6.45, 7) is 5.49. The summed E-state index contributed by atoms with van der Waals surface area (Å²) in [5, 5.41) is 3.72. The second kappa shape index (κ2) is 6.72. The van der Waals surface area contributed by atoms with E-state index in [-0.39, 0.29) is 0 Å². The lowest BCUT2D eigenvalue weighted by atomic mass is 9.80. The molecule has 1 atom stereocenters. The van der Waals surface area contributed by atoms with Crippen molar-refractivity contribution in [1.29, 1.82) is 0 Å². The molecule has 18 heavy (non-hydrogen) atoms. The van der Waals surface area contributed by atoms with Gasteiger partial charge in [-0.25, -0.2) is 0 Å². The van der Waals surface area contributed by atoms with Crippen LogP contribution in [0.25, 0.3) is 0 Å². The maximum Gasteiger partial charge on any atom is 0.0351 e. The van der Waals surface area contributed by atoms with E-state index in [0.29, 0.717) is 6.04 Å². The number of rotatable bonds is 4. The molecule has 2 heteroatoms. The summed E-state index contributed by atoms with van der Waals surface area (Å²) < 4.78 is 1.20. The topological polar surface area (TPSA) is 12.0 Å². The summed E-state index contributed by atoms with van der Waals surface area (Å²) in [6, 6.07) is 7.21. The van der Waals surface area contributed by atoms with E-state index < -0.39 is 0 Å². The van der Waals surface area contributed by atoms with Gasteiger partial charge >= 0.3 is 0 Å². The van der Waals surface area contributed by atoms with Crippen molar-refractivity contribution in [3.8, 4) is 0 Å². The molecule has 0 spiro atoms. The standard InChI is InChI=1S/C16H24BrN/c1-3-18-16(13-7-5-4-6-8-13)15-11-14(17)10-9-12(15)2/h9-11,13,16,18H,3-8H2,1-2H3. The van der Waals surface area contributed by atoms with Gasteiger partial charge in [0.25, 0.3) is 0 Å². The highest BCUT2D eigenvalue weighted by Gasteiger charge is 2.25. The number of benzene rings is 1. The Hall–Kier alpha value is -0.340. The first kappa shape index (κ1) is 14.1. The molecule has 1 fully saturated rings. The van der Waals surface area contributed by atoms with Crippen LogP contribution in [0.2, 0.25) is 0 Å². The predicted octanol–water partition coefficient (Wildman–Crippen LogP) is 4.99. The largest absolute Gasteiger partial charge is 0.310 e. The number of nitrogens with one attached hydrogen (secondary N) is 1. The molecule has 0 aliphatic heterocycles. The minimum Gasteiger partial charge on any atom is -0.310 e. The summed E-state index contributed by atoms with van der Waals surface area (Å²) in [6.07, 6.45) is 6.99. The molecule has 1 N–H and O–H groups in total. The maximum absolute atomic E-state index is 3.72. The first-order valence-corrected chi connectivity index (χ1v) is 8.01. The Morgan fingerprint density at radius 1 is 1.28 bits per heavy atom. The van der Waals surface area contributed by atoms with Gasteiger partial charge in [-0.15, -0.1) is 0 Å². The molecule has 0 radical (unpaired) electrons. The highest BCUT2D eigenvalue weighted by Crippen LogP contribution is 2.36. The molecule has 1 aliphatic carbocycles. The van der Waals surface area contributed by atoms with E-state index in [1.807, 2.05) is 0 Å². The summed E-state index contributed by atoms with van der Waals surface area (Å²) in [7, 11) is 0. The van der Waals surface area contributed by atoms with Gasteiger partial charge in [0, 0.05) is 10.5 Å². The zero-order valence-corrected chi connectivity index (χ0v) is 13.1. The number of hydrogen-bond donors (Lipinski definition) is 1. The molecule has 100 valence electrons. The van der Waals surface area contributed by atoms with Crippen molar-refractivity contribution >= 4 is 15.9 Å². The molecule has 0 heterocycles. The number of aryl methyl sites for hydroxylation is 1. The Morgan fingerprint density at radius 2 is 2.00 bits per heavy atom. The normalized spacial score (nSPS) is 18.8. The van der Waals surface area contributed by atoms with Crippen LogP contribution in [-0.4, -0.2) is 6.54 Å². The molecule has 0 amide bonds. The molecule has 0 aromatic heterocycles. The Balaban J connectivity index is 2.24. The van der Waals surface area contributed by atoms with Gasteiger partial charge < -0.3 is 5.32 Å². The van der Waals surface area contributed by atoms with Gasteiger partial charge in [0.05, 0.1) is 0 Å². The summed E-state index contributed by atoms with van der Waals surface area (Å²) >= 11 is 3.61. The molecule has 1 unspecified atom stereocenters. The second-order valence-corrected chi connectivity index (χ2v) is 6.35. The van der Waals surface area contributed by atoms with Crippen molar-refractivity contribution in [1.82, 2.24) is 5.32 Å². The van der Waals surface area contributed by atoms with Crippen LogP contribution in [0.4, 0.5) is 0 Å². The van der Waals surface area contributed by atoms with E-state index in [1.165, 1.54) is 47.7 Å². The molecule has 1 aliphatic rings. The third kappa shape index (κ3) is 3.36. The maximum atomic E-state index is 3.72. The van der Waals surface area contributed by atoms with Crippen LogP contribution in [0.15, 0.2) is 22.7 Å². The second-order valence-electron chi connectivity index (χ2n) is 5.43. The van der Waals surface area contributed by atoms with Gasteiger partial charge in [0.1, 0.15) is 0 Å². The third-order valence-electron chi connectivity index (χ3n) is 4.12. The van der Waals surface area contributed by atoms with Gasteiger partial charge in [-0.2, -0.15) is 0 Å². The molecule has 1 nitrogen and oxygen atoms in total. The quantitative estimate of drug-likeness (QED) is 0.826. The molecule has 1 aromatic carbocycles. The smallest absolute Gasteiger partial charge is 0.0351 e. The van der Waals surface area contributed by atoms with E-state index in [4.69, 9.17) is 0 Å². The van der Waals surface area contributed by atoms with Crippen molar-refractivity contribution < 1.29 is 0 Å². The average molecular weight is 310 g/mol. The zero-order valence-electron chi connectivity index (χ0n) is 11.5. The van der Waals surface area contributed by atoms with Gasteiger partial charge in [-0.3, -0.25) is 0 Å². The van der Waals surface area contributed by atoms with Crippen molar-refractivity contribution in [3.05, 3.63) is 33.8 Å². The monoisotopic (exact) mass is 309 g/mol. The fourth-order valence-electron chi connectivity index (χ4n) is 3.16. The van der Waals surface area contributed by atoms with Crippen LogP contribution in [0.5, 0.6) is 0 Å². The van der Waals surface area contributed by atoms with Crippen LogP contribution in [-0.2, 0) is 0 Å². The van der Waals surface area contributed by atoms with E-state index in [1.54, 1.807) is 0 Å². The highest BCUT2D eigenvalue weighted by molar-refractivity contribution is 9.10. The van der Waals surface area contributed by atoms with Gasteiger partial charge in [0.2, 0.25) is 0 Å². The lowest BCUT2D eigenvalue weighted by molar-refractivity contribution is 0.274. The van der Waals surface area contributed by atoms with E-state index >= 15 is 0 Å². The Kier molecular flexibility index (Phi) is 5.25. The minimum absolute atomic E-state index is 0.535. The van der Waals surface area contributed by atoms with Crippen LogP contribution < -0.4 is 5.32 Å². The van der Waals surface area contributed by atoms with Crippen LogP contribution in [0.1, 0.15) is 56.2 Å². The van der Waals surface area contributed by atoms with Crippen molar-refractivity contribution in [2.45, 2.75) is 52.0 Å². The first-order valence-electron chi connectivity index (χ1n) is 7.21. The van der Waals surface area contributed by atoms with Crippen molar-refractivity contribution in [2.24, 2.45) is 5.92 Å². The van der Waals surface area contributed by atoms with E-state index in [9.17, 15) is 0 Å². The molecule has 0 saturated heterocycles. The third-order valence-corrected chi connectivity index (χ3v) is 4.61. The molecular weight excluding hydrogens is 286 g/mol. The molecule has 0 bridgehead atoms. The molecule has 1 saturated carbocycles. The first-order chi connectivity index (χ1) is 8.72. The minimum atomic E-state index is 0.535. The fraction of sp³-hybridized carbons (Fsp3) is 0.625. The van der Waals surface area contributed by atoms with Crippen molar-refractivity contribution in [2.75, 3.05) is 6.54 Å². The Morgan fingerprint density at radius 3 is 2.67 bits per heavy atom. The van der Waals surface area contributed by atoms with Gasteiger partial charge in [-0.1, -0.05) is 48.2 Å². The molecule has 2 rings (SSSR count). The summed E-state index contributed by atoms with van der Waals surface area (Å²) in [5.41, 5.74) is 2.90. The lowest BCUT2D eigenvalue weighted by Gasteiger charge is -2.32. The highest BCUT2D eigenvalue weighted by atomic mass is 79.9. The van der Waals surface area contributed by atoms with Crippen LogP contribution in [0.3, 0.4) is 0 Å². The lowest BCUT2D eigenvalue weighted by Crippen LogP contribution is -2.30. The SMILES string of the molecule is CCNC(c1cc(Br)ccc1C)C1CCCCC1. The molecular formula is C16H24BrN. The zero-order chi connectivity index (χ0) is 13.0. The number of halogens is 1. The average Bonchev–Trinajstić information content (AvgIpc) is 2.40. The molecule has 1 aromatic rings. The summed E-state index contributed by atoms with van der Waals surface area (Å²) in [4.78, 5) is 0. The van der Waals surface area contributed by atoms with Gasteiger partial charge in [-0.05, 0) is 55.5 Å². The fourth-order valence-corrected chi connectivity index (χ4v) is 3.54. The Bertz CT molecular complexity index is 383. The van der Waals surface area contributed by atoms with E-state index in [2.05, 4.69) is 53.3 Å². The summed E-state index contributed by atoms with van der Waals surface area (Å²) in [5.74, 6) is 0.812. The van der Waals surface area contributed by atoms with Crippen LogP contribution >= 0.6 is 15.9 Å². The van der Waals surface area contributed by atoms with Crippen LogP contribution in [0, 0.1) is 12.8 Å². The predicted molar refractivity (Wildman–Crippen MR) is 81.9 cm³/mol. The number of hydrogen-bond acceptors (Lipinski definition) is 1. The van der Waals surface area contributed by atoms with E-state index in [0.717, 1.165) is 12.5 Å².